The lowest BCUT2D eigenvalue weighted by molar-refractivity contribution is -0.0883. The van der Waals surface area contributed by atoms with Crippen LogP contribution in [0.4, 0.5) is 0 Å². The molecule has 0 aromatic carbocycles. The Morgan fingerprint density at radius 1 is 1.18 bits per heavy atom. The molecule has 1 saturated carbocycles. The van der Waals surface area contributed by atoms with Crippen molar-refractivity contribution in [3.05, 3.63) is 0 Å². The molecule has 1 nitrogen and oxygen atoms in total. The van der Waals surface area contributed by atoms with E-state index in [4.69, 9.17) is 4.74 Å². The molecule has 1 heteroatoms. The molecule has 0 N–H and O–H groups in total. The zero-order valence-corrected chi connectivity index (χ0v) is 13.0. The summed E-state index contributed by atoms with van der Waals surface area (Å²) in [6.45, 7) is 16.2. The largest absolute Gasteiger partial charge is 0.373 e. The predicted octanol–water partition coefficient (Wildman–Crippen LogP) is 5.19. The minimum Gasteiger partial charge on any atom is -0.373 e. The molecule has 0 aromatic rings. The summed E-state index contributed by atoms with van der Waals surface area (Å²) in [5.41, 5.74) is 1.02. The first-order valence-corrected chi connectivity index (χ1v) is 7.25. The molecule has 0 radical (unpaired) electrons. The van der Waals surface area contributed by atoms with Gasteiger partial charge in [0.1, 0.15) is 0 Å². The van der Waals surface area contributed by atoms with E-state index in [0.717, 1.165) is 6.42 Å². The fourth-order valence-corrected chi connectivity index (χ4v) is 3.82. The van der Waals surface area contributed by atoms with Gasteiger partial charge in [-0.05, 0) is 63.7 Å². The summed E-state index contributed by atoms with van der Waals surface area (Å²) >= 11 is 0. The molecule has 1 aliphatic rings. The van der Waals surface area contributed by atoms with Gasteiger partial charge in [-0.1, -0.05) is 27.7 Å². The zero-order valence-electron chi connectivity index (χ0n) is 13.0. The molecule has 0 spiro atoms. The van der Waals surface area contributed by atoms with E-state index in [1.807, 2.05) is 0 Å². The Kier molecular flexibility index (Phi) is 4.34. The summed E-state index contributed by atoms with van der Waals surface area (Å²) in [5, 5.41) is 0. The second kappa shape index (κ2) is 4.91. The predicted molar refractivity (Wildman–Crippen MR) is 75.3 cm³/mol. The third kappa shape index (κ3) is 4.62. The van der Waals surface area contributed by atoms with Gasteiger partial charge >= 0.3 is 0 Å². The Hall–Kier alpha value is -0.0400. The molecule has 0 aromatic heterocycles. The maximum atomic E-state index is 6.18. The van der Waals surface area contributed by atoms with Gasteiger partial charge in [-0.3, -0.25) is 0 Å². The van der Waals surface area contributed by atoms with Crippen LogP contribution in [0.15, 0.2) is 0 Å². The molecule has 1 rings (SSSR count). The van der Waals surface area contributed by atoms with Crippen molar-refractivity contribution in [2.45, 2.75) is 92.3 Å². The average Bonchev–Trinajstić information content (AvgIpc) is 2.37. The maximum absolute atomic E-state index is 6.18. The molecule has 1 fully saturated rings. The molecule has 17 heavy (non-hydrogen) atoms. The molecule has 2 atom stereocenters. The first-order chi connectivity index (χ1) is 7.58. The quantitative estimate of drug-likeness (QED) is 0.643. The van der Waals surface area contributed by atoms with E-state index in [1.165, 1.54) is 25.7 Å². The normalized spacial score (nSPS) is 30.5. The summed E-state index contributed by atoms with van der Waals surface area (Å²) < 4.78 is 6.18. The van der Waals surface area contributed by atoms with Gasteiger partial charge in [-0.25, -0.2) is 0 Å². The minimum atomic E-state index is 0.0184. The third-order valence-electron chi connectivity index (χ3n) is 4.26. The van der Waals surface area contributed by atoms with E-state index < -0.39 is 0 Å². The number of hydrogen-bond acceptors (Lipinski definition) is 1. The summed E-state index contributed by atoms with van der Waals surface area (Å²) in [6, 6.07) is 0. The highest BCUT2D eigenvalue weighted by atomic mass is 16.5. The van der Waals surface area contributed by atoms with E-state index in [0.29, 0.717) is 16.9 Å². The van der Waals surface area contributed by atoms with Crippen LogP contribution in [-0.2, 0) is 4.74 Å². The van der Waals surface area contributed by atoms with Crippen LogP contribution in [0.3, 0.4) is 0 Å². The lowest BCUT2D eigenvalue weighted by Gasteiger charge is -2.37. The van der Waals surface area contributed by atoms with Gasteiger partial charge in [-0.2, -0.15) is 0 Å². The highest BCUT2D eigenvalue weighted by Crippen LogP contribution is 2.52. The molecular weight excluding hydrogens is 208 g/mol. The lowest BCUT2D eigenvalue weighted by atomic mass is 9.76. The fraction of sp³-hybridized carbons (Fsp3) is 1.00. The topological polar surface area (TPSA) is 9.23 Å². The maximum Gasteiger partial charge on any atom is 0.0635 e. The Morgan fingerprint density at radius 2 is 1.76 bits per heavy atom. The molecule has 0 aliphatic heterocycles. The Labute approximate surface area is 108 Å². The third-order valence-corrected chi connectivity index (χ3v) is 4.26. The molecule has 102 valence electrons. The van der Waals surface area contributed by atoms with E-state index in [-0.39, 0.29) is 5.60 Å². The zero-order chi connectivity index (χ0) is 13.3. The van der Waals surface area contributed by atoms with Crippen LogP contribution in [0.2, 0.25) is 0 Å². The minimum absolute atomic E-state index is 0.0184. The summed E-state index contributed by atoms with van der Waals surface area (Å²) in [4.78, 5) is 0. The molecular formula is C16H32O. The summed E-state index contributed by atoms with van der Waals surface area (Å²) in [7, 11) is 0. The van der Waals surface area contributed by atoms with Gasteiger partial charge in [0.25, 0.3) is 0 Å². The van der Waals surface area contributed by atoms with Crippen molar-refractivity contribution in [1.82, 2.24) is 0 Å². The van der Waals surface area contributed by atoms with Crippen LogP contribution in [0.1, 0.15) is 80.6 Å². The van der Waals surface area contributed by atoms with Crippen molar-refractivity contribution < 1.29 is 4.74 Å². The fourth-order valence-electron chi connectivity index (χ4n) is 3.82. The van der Waals surface area contributed by atoms with E-state index in [2.05, 4.69) is 48.5 Å². The van der Waals surface area contributed by atoms with Crippen molar-refractivity contribution in [2.24, 2.45) is 10.8 Å². The van der Waals surface area contributed by atoms with E-state index in [9.17, 15) is 0 Å². The number of ether oxygens (including phenoxy) is 1. The van der Waals surface area contributed by atoms with Gasteiger partial charge in [0, 0.05) is 0 Å². The van der Waals surface area contributed by atoms with E-state index >= 15 is 0 Å². The molecule has 0 heterocycles. The van der Waals surface area contributed by atoms with Gasteiger partial charge in [0.2, 0.25) is 0 Å². The second-order valence-corrected chi connectivity index (χ2v) is 7.92. The smallest absolute Gasteiger partial charge is 0.0635 e. The number of rotatable bonds is 5. The highest BCUT2D eigenvalue weighted by Gasteiger charge is 2.43. The van der Waals surface area contributed by atoms with Crippen molar-refractivity contribution in [3.8, 4) is 0 Å². The van der Waals surface area contributed by atoms with Crippen LogP contribution < -0.4 is 0 Å². The van der Waals surface area contributed by atoms with Gasteiger partial charge in [0.05, 0.1) is 11.7 Å². The Bertz CT molecular complexity index is 254. The van der Waals surface area contributed by atoms with Crippen LogP contribution >= 0.6 is 0 Å². The highest BCUT2D eigenvalue weighted by molar-refractivity contribution is 4.94. The van der Waals surface area contributed by atoms with Crippen molar-refractivity contribution in [3.63, 3.8) is 0 Å². The molecule has 0 bridgehead atoms. The monoisotopic (exact) mass is 240 g/mol. The lowest BCUT2D eigenvalue weighted by Crippen LogP contribution is -2.35. The number of hydrogen-bond donors (Lipinski definition) is 0. The molecule has 2 unspecified atom stereocenters. The molecule has 0 amide bonds. The van der Waals surface area contributed by atoms with Gasteiger partial charge in [-0.15, -0.1) is 0 Å². The first-order valence-electron chi connectivity index (χ1n) is 7.25. The SMILES string of the molecule is CCC(C)OC(C)(C)CC1(C)CCC(C)(C)C1. The average molecular weight is 240 g/mol. The molecule has 0 saturated heterocycles. The summed E-state index contributed by atoms with van der Waals surface area (Å²) in [5.74, 6) is 0. The van der Waals surface area contributed by atoms with Crippen LogP contribution in [0.25, 0.3) is 0 Å². The van der Waals surface area contributed by atoms with Crippen LogP contribution in [-0.4, -0.2) is 11.7 Å². The molecule has 1 aliphatic carbocycles. The van der Waals surface area contributed by atoms with Crippen LogP contribution in [0.5, 0.6) is 0 Å². The van der Waals surface area contributed by atoms with Crippen LogP contribution in [0, 0.1) is 10.8 Å². The van der Waals surface area contributed by atoms with Crippen molar-refractivity contribution >= 4 is 0 Å². The Morgan fingerprint density at radius 3 is 2.18 bits per heavy atom. The standard InChI is InChI=1S/C16H32O/c1-8-13(2)17-15(5,6)12-16(7)10-9-14(3,4)11-16/h13H,8-12H2,1-7H3. The second-order valence-electron chi connectivity index (χ2n) is 7.92. The van der Waals surface area contributed by atoms with Crippen molar-refractivity contribution in [2.75, 3.05) is 0 Å². The van der Waals surface area contributed by atoms with Crippen molar-refractivity contribution in [1.29, 1.82) is 0 Å². The van der Waals surface area contributed by atoms with Gasteiger partial charge in [0.15, 0.2) is 0 Å². The van der Waals surface area contributed by atoms with E-state index in [1.54, 1.807) is 0 Å². The Balaban J connectivity index is 2.58. The van der Waals surface area contributed by atoms with Gasteiger partial charge < -0.3 is 4.74 Å². The first kappa shape index (κ1) is 15.0. The summed E-state index contributed by atoms with van der Waals surface area (Å²) in [6.07, 6.45) is 6.73.